The van der Waals surface area contributed by atoms with Gasteiger partial charge in [0.05, 0.1) is 5.69 Å². The summed E-state index contributed by atoms with van der Waals surface area (Å²) in [7, 11) is 0. The third-order valence-corrected chi connectivity index (χ3v) is 6.16. The topological polar surface area (TPSA) is 76.5 Å². The van der Waals surface area contributed by atoms with E-state index in [-0.39, 0.29) is 18.0 Å². The number of carbonyl (C=O) groups excluding carboxylic acids is 2. The van der Waals surface area contributed by atoms with Crippen molar-refractivity contribution in [3.8, 4) is 0 Å². The summed E-state index contributed by atoms with van der Waals surface area (Å²) in [5.41, 5.74) is 1.14. The van der Waals surface area contributed by atoms with E-state index in [1.54, 1.807) is 4.90 Å². The summed E-state index contributed by atoms with van der Waals surface area (Å²) >= 11 is 1.46. The van der Waals surface area contributed by atoms with E-state index >= 15 is 0 Å². The molecular formula is C22H32N4O3S. The van der Waals surface area contributed by atoms with Crippen LogP contribution in [0, 0.1) is 0 Å². The molecule has 3 heterocycles. The van der Waals surface area contributed by atoms with Crippen molar-refractivity contribution in [1.29, 1.82) is 0 Å². The zero-order chi connectivity index (χ0) is 21.9. The van der Waals surface area contributed by atoms with Crippen molar-refractivity contribution in [3.63, 3.8) is 0 Å². The van der Waals surface area contributed by atoms with E-state index in [0.29, 0.717) is 29.8 Å². The number of hydrogen-bond donors (Lipinski definition) is 1. The van der Waals surface area contributed by atoms with Crippen LogP contribution in [-0.4, -0.2) is 45.1 Å². The second-order valence-corrected chi connectivity index (χ2v) is 9.70. The maximum absolute atomic E-state index is 12.9. The molecule has 1 saturated heterocycles. The summed E-state index contributed by atoms with van der Waals surface area (Å²) in [5, 5.41) is 5.58. The average molecular weight is 433 g/mol. The summed E-state index contributed by atoms with van der Waals surface area (Å²) in [6.45, 7) is 11.1. The number of rotatable bonds is 5. The highest BCUT2D eigenvalue weighted by Gasteiger charge is 2.28. The maximum Gasteiger partial charge on any atom is 0.410 e. The van der Waals surface area contributed by atoms with Crippen LogP contribution in [0.3, 0.4) is 0 Å². The first-order valence-corrected chi connectivity index (χ1v) is 11.5. The predicted molar refractivity (Wildman–Crippen MR) is 119 cm³/mol. The summed E-state index contributed by atoms with van der Waals surface area (Å²) in [5.74, 6) is 0.227. The molecule has 0 bridgehead atoms. The lowest BCUT2D eigenvalue weighted by atomic mass is 10.0. The van der Waals surface area contributed by atoms with Gasteiger partial charge in [0.25, 0.3) is 5.91 Å². The molecule has 1 aliphatic heterocycles. The van der Waals surface area contributed by atoms with E-state index in [4.69, 9.17) is 4.74 Å². The van der Waals surface area contributed by atoms with E-state index < -0.39 is 5.60 Å². The zero-order valence-electron chi connectivity index (χ0n) is 18.5. The van der Waals surface area contributed by atoms with Gasteiger partial charge in [0, 0.05) is 30.7 Å². The minimum absolute atomic E-state index is 0.153. The maximum atomic E-state index is 12.9. The number of likely N-dealkylation sites (tertiary alicyclic amines) is 1. The Hall–Kier alpha value is -2.35. The van der Waals surface area contributed by atoms with Crippen LogP contribution < -0.4 is 5.32 Å². The highest BCUT2D eigenvalue weighted by molar-refractivity contribution is 7.14. The van der Waals surface area contributed by atoms with Gasteiger partial charge in [-0.25, -0.2) is 9.78 Å². The molecule has 1 N–H and O–H groups in total. The van der Waals surface area contributed by atoms with Crippen LogP contribution in [0.2, 0.25) is 0 Å². The molecule has 7 nitrogen and oxygen atoms in total. The molecule has 1 fully saturated rings. The molecule has 0 radical (unpaired) electrons. The number of aromatic nitrogens is 2. The van der Waals surface area contributed by atoms with Crippen molar-refractivity contribution >= 4 is 28.5 Å². The molecule has 1 unspecified atom stereocenters. The zero-order valence-corrected chi connectivity index (χ0v) is 19.3. The van der Waals surface area contributed by atoms with Crippen molar-refractivity contribution in [2.75, 3.05) is 18.4 Å². The van der Waals surface area contributed by atoms with Crippen molar-refractivity contribution in [3.05, 3.63) is 35.1 Å². The molecule has 0 spiro atoms. The summed E-state index contributed by atoms with van der Waals surface area (Å²) in [4.78, 5) is 31.4. The van der Waals surface area contributed by atoms with Crippen LogP contribution in [-0.2, 0) is 4.74 Å². The molecule has 3 rings (SSSR count). The third kappa shape index (κ3) is 5.41. The van der Waals surface area contributed by atoms with Crippen LogP contribution >= 0.6 is 11.3 Å². The lowest BCUT2D eigenvalue weighted by Crippen LogP contribution is -2.42. The van der Waals surface area contributed by atoms with Crippen LogP contribution in [0.15, 0.2) is 23.7 Å². The molecule has 0 aliphatic carbocycles. The standard InChI is InChI=1S/C22H32N4O3S/c1-6-15(2)17-14-30-20(23-17)24-19(27)18-8-7-11-26(18)16-9-12-25(13-10-16)21(28)29-22(3,4)5/h7-8,11,14-16H,6,9-10,12-13H2,1-5H3,(H,23,24,27). The Kier molecular flexibility index (Phi) is 6.85. The Bertz CT molecular complexity index is 875. The molecule has 1 aliphatic rings. The minimum Gasteiger partial charge on any atom is -0.444 e. The van der Waals surface area contributed by atoms with Gasteiger partial charge in [-0.1, -0.05) is 13.8 Å². The number of amides is 2. The van der Waals surface area contributed by atoms with E-state index in [9.17, 15) is 9.59 Å². The molecule has 2 aromatic rings. The Labute approximate surface area is 182 Å². The summed E-state index contributed by atoms with van der Waals surface area (Å²) < 4.78 is 7.49. The van der Waals surface area contributed by atoms with Crippen molar-refractivity contribution < 1.29 is 14.3 Å². The van der Waals surface area contributed by atoms with Crippen molar-refractivity contribution in [1.82, 2.24) is 14.5 Å². The normalized spacial score (nSPS) is 16.4. The fraction of sp³-hybridized carbons (Fsp3) is 0.591. The van der Waals surface area contributed by atoms with Gasteiger partial charge in [0.15, 0.2) is 5.13 Å². The number of piperidine rings is 1. The van der Waals surface area contributed by atoms with Gasteiger partial charge < -0.3 is 14.2 Å². The molecule has 0 saturated carbocycles. The van der Waals surface area contributed by atoms with E-state index in [1.807, 2.05) is 49.0 Å². The van der Waals surface area contributed by atoms with E-state index in [0.717, 1.165) is 25.0 Å². The van der Waals surface area contributed by atoms with E-state index in [2.05, 4.69) is 24.1 Å². The fourth-order valence-electron chi connectivity index (χ4n) is 3.50. The first-order valence-electron chi connectivity index (χ1n) is 10.6. The molecule has 1 atom stereocenters. The molecule has 0 aromatic carbocycles. The Morgan fingerprint density at radius 1 is 1.33 bits per heavy atom. The smallest absolute Gasteiger partial charge is 0.410 e. The van der Waals surface area contributed by atoms with Crippen LogP contribution in [0.1, 0.15) is 82.0 Å². The minimum atomic E-state index is -0.496. The number of nitrogens with one attached hydrogen (secondary N) is 1. The van der Waals surface area contributed by atoms with Crippen molar-refractivity contribution in [2.45, 2.75) is 71.4 Å². The number of hydrogen-bond acceptors (Lipinski definition) is 5. The van der Waals surface area contributed by atoms with Crippen LogP contribution in [0.5, 0.6) is 0 Å². The highest BCUT2D eigenvalue weighted by atomic mass is 32.1. The summed E-state index contributed by atoms with van der Waals surface area (Å²) in [6, 6.07) is 3.90. The van der Waals surface area contributed by atoms with Gasteiger partial charge in [0.2, 0.25) is 0 Å². The van der Waals surface area contributed by atoms with Gasteiger partial charge in [-0.05, 0) is 58.1 Å². The number of anilines is 1. The SMILES string of the molecule is CCC(C)c1csc(NC(=O)c2cccn2C2CCN(C(=O)OC(C)(C)C)CC2)n1. The second kappa shape index (κ2) is 9.20. The van der Waals surface area contributed by atoms with Gasteiger partial charge in [-0.2, -0.15) is 0 Å². The lowest BCUT2D eigenvalue weighted by molar-refractivity contribution is 0.0187. The van der Waals surface area contributed by atoms with E-state index in [1.165, 1.54) is 11.3 Å². The first-order chi connectivity index (χ1) is 14.2. The molecule has 2 amide bonds. The van der Waals surface area contributed by atoms with Gasteiger partial charge in [-0.15, -0.1) is 11.3 Å². The number of ether oxygens (including phenoxy) is 1. The quantitative estimate of drug-likeness (QED) is 0.697. The molecule has 30 heavy (non-hydrogen) atoms. The summed E-state index contributed by atoms with van der Waals surface area (Å²) in [6.07, 6.45) is 4.25. The molecule has 164 valence electrons. The second-order valence-electron chi connectivity index (χ2n) is 8.84. The number of carbonyl (C=O) groups is 2. The predicted octanol–water partition coefficient (Wildman–Crippen LogP) is 5.28. The number of thiazole rings is 1. The van der Waals surface area contributed by atoms with Gasteiger partial charge in [0.1, 0.15) is 11.3 Å². The van der Waals surface area contributed by atoms with Gasteiger partial charge >= 0.3 is 6.09 Å². The Balaban J connectivity index is 1.61. The largest absolute Gasteiger partial charge is 0.444 e. The van der Waals surface area contributed by atoms with Crippen molar-refractivity contribution in [2.24, 2.45) is 0 Å². The van der Waals surface area contributed by atoms with Crippen LogP contribution in [0.25, 0.3) is 0 Å². The fourth-order valence-corrected chi connectivity index (χ4v) is 4.33. The lowest BCUT2D eigenvalue weighted by Gasteiger charge is -2.34. The van der Waals surface area contributed by atoms with Gasteiger partial charge in [-0.3, -0.25) is 10.1 Å². The molecular weight excluding hydrogens is 400 g/mol. The Morgan fingerprint density at radius 3 is 2.67 bits per heavy atom. The monoisotopic (exact) mass is 432 g/mol. The Morgan fingerprint density at radius 2 is 2.03 bits per heavy atom. The van der Waals surface area contributed by atoms with Crippen LogP contribution in [0.4, 0.5) is 9.93 Å². The average Bonchev–Trinajstić information content (AvgIpc) is 3.36. The molecule has 8 heteroatoms. The highest BCUT2D eigenvalue weighted by Crippen LogP contribution is 2.27. The first kappa shape index (κ1) is 22.3. The third-order valence-electron chi connectivity index (χ3n) is 5.38. The molecule has 2 aromatic heterocycles. The number of nitrogens with zero attached hydrogens (tertiary/aromatic N) is 3.